The van der Waals surface area contributed by atoms with Gasteiger partial charge in [0.05, 0.1) is 12.0 Å². The molecule has 1 N–H and O–H groups in total. The van der Waals surface area contributed by atoms with Crippen LogP contribution in [0.2, 0.25) is 0 Å². The van der Waals surface area contributed by atoms with E-state index in [9.17, 15) is 9.59 Å². The minimum absolute atomic E-state index is 0.0394. The molecule has 0 fully saturated rings. The maximum atomic E-state index is 12.6. The fraction of sp³-hybridized carbons (Fsp3) is 0.167. The van der Waals surface area contributed by atoms with E-state index in [1.54, 1.807) is 30.1 Å². The number of aromatic carboxylic acids is 1. The zero-order valence-corrected chi connectivity index (χ0v) is 15.8. The van der Waals surface area contributed by atoms with Gasteiger partial charge >= 0.3 is 5.97 Å². The van der Waals surface area contributed by atoms with Crippen LogP contribution in [0.5, 0.6) is 0 Å². The number of carbonyl (C=O) groups excluding carboxylic acids is 1. The van der Waals surface area contributed by atoms with Crippen molar-refractivity contribution in [1.82, 2.24) is 0 Å². The molecule has 0 heterocycles. The smallest absolute Gasteiger partial charge is 0.335 e. The number of anilines is 1. The third kappa shape index (κ3) is 5.07. The van der Waals surface area contributed by atoms with Crippen molar-refractivity contribution in [2.45, 2.75) is 19.3 Å². The molecule has 0 aliphatic rings. The van der Waals surface area contributed by atoms with E-state index in [2.05, 4.69) is 0 Å². The highest BCUT2D eigenvalue weighted by Gasteiger charge is 2.12. The second-order valence-corrected chi connectivity index (χ2v) is 6.79. The molecule has 28 heavy (non-hydrogen) atoms. The third-order valence-electron chi connectivity index (χ3n) is 4.75. The lowest BCUT2D eigenvalue weighted by Gasteiger charge is -2.18. The largest absolute Gasteiger partial charge is 0.478 e. The van der Waals surface area contributed by atoms with Gasteiger partial charge in [-0.25, -0.2) is 4.79 Å². The first-order chi connectivity index (χ1) is 13.5. The summed E-state index contributed by atoms with van der Waals surface area (Å²) in [5.74, 6) is -0.875. The second-order valence-electron chi connectivity index (χ2n) is 6.79. The van der Waals surface area contributed by atoms with Crippen LogP contribution >= 0.6 is 0 Å². The standard InChI is InChI=1S/C24H23NO3/c1-25(23(26)17-18-7-3-2-4-8-18)22-12-6-10-20(16-22)14-13-19-9-5-11-21(15-19)24(27)28/h2-12,15-16H,13-14,17H2,1H3,(H,27,28). The summed E-state index contributed by atoms with van der Waals surface area (Å²) in [6.45, 7) is 0. The van der Waals surface area contributed by atoms with Crippen LogP contribution in [0.3, 0.4) is 0 Å². The minimum atomic E-state index is -0.914. The van der Waals surface area contributed by atoms with Gasteiger partial charge in [-0.1, -0.05) is 54.6 Å². The van der Waals surface area contributed by atoms with Gasteiger partial charge in [0, 0.05) is 12.7 Å². The van der Waals surface area contributed by atoms with Crippen molar-refractivity contribution in [3.63, 3.8) is 0 Å². The van der Waals surface area contributed by atoms with Crippen molar-refractivity contribution < 1.29 is 14.7 Å². The third-order valence-corrected chi connectivity index (χ3v) is 4.75. The molecule has 0 aromatic heterocycles. The molecule has 1 amide bonds. The Balaban J connectivity index is 1.65. The van der Waals surface area contributed by atoms with Crippen molar-refractivity contribution in [2.24, 2.45) is 0 Å². The molecule has 0 aliphatic heterocycles. The van der Waals surface area contributed by atoms with Gasteiger partial charge in [0.1, 0.15) is 0 Å². The Kier molecular flexibility index (Phi) is 6.22. The Labute approximate surface area is 165 Å². The predicted octanol–water partition coefficient (Wildman–Crippen LogP) is 4.38. The Hall–Kier alpha value is -3.40. The number of aryl methyl sites for hydroxylation is 2. The first kappa shape index (κ1) is 19.4. The normalized spacial score (nSPS) is 10.5. The number of carbonyl (C=O) groups is 2. The van der Waals surface area contributed by atoms with Crippen LogP contribution in [0.15, 0.2) is 78.9 Å². The second kappa shape index (κ2) is 9.00. The first-order valence-electron chi connectivity index (χ1n) is 9.24. The molecule has 0 radical (unpaired) electrons. The lowest BCUT2D eigenvalue weighted by molar-refractivity contribution is -0.117. The van der Waals surface area contributed by atoms with Crippen molar-refractivity contribution in [3.8, 4) is 0 Å². The average Bonchev–Trinajstić information content (AvgIpc) is 2.73. The number of hydrogen-bond donors (Lipinski definition) is 1. The topological polar surface area (TPSA) is 57.6 Å². The van der Waals surface area contributed by atoms with E-state index in [1.165, 1.54) is 0 Å². The molecular formula is C24H23NO3. The van der Waals surface area contributed by atoms with Crippen LogP contribution < -0.4 is 4.90 Å². The zero-order chi connectivity index (χ0) is 19.9. The Morgan fingerprint density at radius 3 is 2.07 bits per heavy atom. The summed E-state index contributed by atoms with van der Waals surface area (Å²) >= 11 is 0. The van der Waals surface area contributed by atoms with Crippen LogP contribution in [0.25, 0.3) is 0 Å². The van der Waals surface area contributed by atoms with E-state index in [1.807, 2.05) is 60.7 Å². The number of carboxylic acids is 1. The highest BCUT2D eigenvalue weighted by atomic mass is 16.4. The number of benzene rings is 3. The number of nitrogens with zero attached hydrogens (tertiary/aromatic N) is 1. The molecule has 0 saturated carbocycles. The molecule has 0 atom stereocenters. The van der Waals surface area contributed by atoms with Crippen LogP contribution in [-0.4, -0.2) is 24.0 Å². The maximum absolute atomic E-state index is 12.6. The minimum Gasteiger partial charge on any atom is -0.478 e. The Bertz CT molecular complexity index is 966. The molecule has 0 spiro atoms. The van der Waals surface area contributed by atoms with Gasteiger partial charge in [0.2, 0.25) is 5.91 Å². The molecule has 0 aliphatic carbocycles. The number of likely N-dealkylation sites (N-methyl/N-ethyl adjacent to an activating group) is 1. The molecule has 4 nitrogen and oxygen atoms in total. The van der Waals surface area contributed by atoms with E-state index in [4.69, 9.17) is 5.11 Å². The molecule has 3 rings (SSSR count). The van der Waals surface area contributed by atoms with Gasteiger partial charge in [-0.05, 0) is 53.8 Å². The zero-order valence-electron chi connectivity index (χ0n) is 15.8. The fourth-order valence-corrected chi connectivity index (χ4v) is 3.10. The van der Waals surface area contributed by atoms with Crippen LogP contribution in [0.1, 0.15) is 27.0 Å². The number of carboxylic acid groups (broad SMARTS) is 1. The average molecular weight is 373 g/mol. The van der Waals surface area contributed by atoms with Gasteiger partial charge in [0.15, 0.2) is 0 Å². The lowest BCUT2D eigenvalue weighted by atomic mass is 10.0. The summed E-state index contributed by atoms with van der Waals surface area (Å²) in [5, 5.41) is 9.11. The molecule has 0 unspecified atom stereocenters. The van der Waals surface area contributed by atoms with Gasteiger partial charge in [-0.2, -0.15) is 0 Å². The van der Waals surface area contributed by atoms with Gasteiger partial charge in [-0.15, -0.1) is 0 Å². The van der Waals surface area contributed by atoms with Crippen molar-refractivity contribution in [2.75, 3.05) is 11.9 Å². The van der Waals surface area contributed by atoms with Gasteiger partial charge < -0.3 is 10.0 Å². The molecule has 4 heteroatoms. The van der Waals surface area contributed by atoms with Crippen molar-refractivity contribution in [3.05, 3.63) is 101 Å². The highest BCUT2D eigenvalue weighted by molar-refractivity contribution is 5.94. The summed E-state index contributed by atoms with van der Waals surface area (Å²) in [4.78, 5) is 25.4. The van der Waals surface area contributed by atoms with Crippen LogP contribution in [-0.2, 0) is 24.1 Å². The number of hydrogen-bond acceptors (Lipinski definition) is 2. The molecule has 142 valence electrons. The Morgan fingerprint density at radius 1 is 0.786 bits per heavy atom. The van der Waals surface area contributed by atoms with E-state index in [0.29, 0.717) is 12.0 Å². The summed E-state index contributed by atoms with van der Waals surface area (Å²) in [6, 6.07) is 24.6. The fourth-order valence-electron chi connectivity index (χ4n) is 3.10. The summed E-state index contributed by atoms with van der Waals surface area (Å²) < 4.78 is 0. The van der Waals surface area contributed by atoms with E-state index in [0.717, 1.165) is 35.2 Å². The van der Waals surface area contributed by atoms with Gasteiger partial charge in [0.25, 0.3) is 0 Å². The quantitative estimate of drug-likeness (QED) is 0.669. The number of rotatable bonds is 7. The van der Waals surface area contributed by atoms with Gasteiger partial charge in [-0.3, -0.25) is 4.79 Å². The van der Waals surface area contributed by atoms with Crippen molar-refractivity contribution >= 4 is 17.6 Å². The van der Waals surface area contributed by atoms with Crippen molar-refractivity contribution in [1.29, 1.82) is 0 Å². The summed E-state index contributed by atoms with van der Waals surface area (Å²) in [5.41, 5.74) is 4.25. The predicted molar refractivity (Wildman–Crippen MR) is 111 cm³/mol. The van der Waals surface area contributed by atoms with E-state index in [-0.39, 0.29) is 5.91 Å². The molecule has 3 aromatic rings. The summed E-state index contributed by atoms with van der Waals surface area (Å²) in [6.07, 6.45) is 1.88. The molecule has 0 bridgehead atoms. The summed E-state index contributed by atoms with van der Waals surface area (Å²) in [7, 11) is 1.79. The Morgan fingerprint density at radius 2 is 1.39 bits per heavy atom. The molecular weight excluding hydrogens is 350 g/mol. The SMILES string of the molecule is CN(C(=O)Cc1ccccc1)c1cccc(CCc2cccc(C(=O)O)c2)c1. The molecule has 0 saturated heterocycles. The lowest BCUT2D eigenvalue weighted by Crippen LogP contribution is -2.27. The van der Waals surface area contributed by atoms with Crippen LogP contribution in [0, 0.1) is 0 Å². The maximum Gasteiger partial charge on any atom is 0.335 e. The number of amides is 1. The highest BCUT2D eigenvalue weighted by Crippen LogP contribution is 2.18. The van der Waals surface area contributed by atoms with E-state index < -0.39 is 5.97 Å². The first-order valence-corrected chi connectivity index (χ1v) is 9.24. The van der Waals surface area contributed by atoms with E-state index >= 15 is 0 Å². The monoisotopic (exact) mass is 373 g/mol. The van der Waals surface area contributed by atoms with Crippen LogP contribution in [0.4, 0.5) is 5.69 Å². The molecule has 3 aromatic carbocycles.